The molecule has 0 fully saturated rings. The van der Waals surface area contributed by atoms with Crippen molar-refractivity contribution in [3.8, 4) is 11.3 Å². The van der Waals surface area contributed by atoms with Gasteiger partial charge in [0.25, 0.3) is 0 Å². The standard InChI is InChI=1S/C22H30N4/c1-7-8-11-26-13-16(5)21-19(26)12-15(4)20(25-21)17-9-10-18(14(2)3)24-22(17)23-6/h9-10,12-14H,7-8,11H2,1-6H3,(H,23,24). The highest BCUT2D eigenvalue weighted by Gasteiger charge is 2.16. The molecule has 3 aromatic rings. The maximum absolute atomic E-state index is 5.06. The van der Waals surface area contributed by atoms with E-state index in [4.69, 9.17) is 9.97 Å². The third kappa shape index (κ3) is 3.33. The lowest BCUT2D eigenvalue weighted by atomic mass is 10.0. The monoisotopic (exact) mass is 350 g/mol. The van der Waals surface area contributed by atoms with E-state index in [0.29, 0.717) is 5.92 Å². The summed E-state index contributed by atoms with van der Waals surface area (Å²) in [6.07, 6.45) is 4.62. The van der Waals surface area contributed by atoms with Gasteiger partial charge in [-0.3, -0.25) is 0 Å². The second-order valence-corrected chi connectivity index (χ2v) is 7.42. The van der Waals surface area contributed by atoms with Gasteiger partial charge in [0, 0.05) is 31.0 Å². The zero-order valence-corrected chi connectivity index (χ0v) is 16.8. The summed E-state index contributed by atoms with van der Waals surface area (Å²) in [5.41, 5.74) is 7.92. The molecule has 0 aliphatic carbocycles. The molecule has 1 N–H and O–H groups in total. The first-order valence-corrected chi connectivity index (χ1v) is 9.62. The maximum atomic E-state index is 5.06. The topological polar surface area (TPSA) is 42.7 Å². The molecular formula is C22H30N4. The molecule has 0 aliphatic heterocycles. The Labute approximate surface area is 156 Å². The minimum atomic E-state index is 0.405. The van der Waals surface area contributed by atoms with Crippen molar-refractivity contribution in [1.82, 2.24) is 14.5 Å². The van der Waals surface area contributed by atoms with Crippen LogP contribution in [0.2, 0.25) is 0 Å². The van der Waals surface area contributed by atoms with Gasteiger partial charge >= 0.3 is 0 Å². The Morgan fingerprint density at radius 2 is 1.88 bits per heavy atom. The number of rotatable bonds is 6. The van der Waals surface area contributed by atoms with E-state index in [2.05, 4.69) is 68.9 Å². The average molecular weight is 351 g/mol. The van der Waals surface area contributed by atoms with Gasteiger partial charge in [0.1, 0.15) is 5.82 Å². The van der Waals surface area contributed by atoms with Crippen molar-refractivity contribution < 1.29 is 0 Å². The van der Waals surface area contributed by atoms with E-state index in [1.807, 2.05) is 7.05 Å². The Morgan fingerprint density at radius 3 is 2.54 bits per heavy atom. The molecule has 0 aliphatic rings. The molecule has 0 amide bonds. The van der Waals surface area contributed by atoms with Gasteiger partial charge in [0.15, 0.2) is 0 Å². The summed E-state index contributed by atoms with van der Waals surface area (Å²) in [6.45, 7) is 11.9. The van der Waals surface area contributed by atoms with Gasteiger partial charge in [0.2, 0.25) is 0 Å². The first-order valence-electron chi connectivity index (χ1n) is 9.62. The number of nitrogens with one attached hydrogen (secondary N) is 1. The van der Waals surface area contributed by atoms with Crippen molar-refractivity contribution >= 4 is 16.9 Å². The number of unbranched alkanes of at least 4 members (excludes halogenated alkanes) is 1. The molecular weight excluding hydrogens is 320 g/mol. The summed E-state index contributed by atoms with van der Waals surface area (Å²) in [5, 5.41) is 3.26. The van der Waals surface area contributed by atoms with Crippen molar-refractivity contribution in [2.75, 3.05) is 12.4 Å². The van der Waals surface area contributed by atoms with E-state index >= 15 is 0 Å². The van der Waals surface area contributed by atoms with Gasteiger partial charge in [-0.2, -0.15) is 0 Å². The maximum Gasteiger partial charge on any atom is 0.135 e. The van der Waals surface area contributed by atoms with Crippen LogP contribution in [0.3, 0.4) is 0 Å². The van der Waals surface area contributed by atoms with Crippen molar-refractivity contribution in [2.45, 2.75) is 59.9 Å². The fourth-order valence-electron chi connectivity index (χ4n) is 3.44. The van der Waals surface area contributed by atoms with E-state index < -0.39 is 0 Å². The van der Waals surface area contributed by atoms with Crippen molar-refractivity contribution in [2.24, 2.45) is 0 Å². The van der Waals surface area contributed by atoms with Gasteiger partial charge < -0.3 is 9.88 Å². The highest BCUT2D eigenvalue weighted by atomic mass is 15.0. The van der Waals surface area contributed by atoms with Gasteiger partial charge in [-0.25, -0.2) is 9.97 Å². The SMILES string of the molecule is CCCCn1cc(C)c2nc(-c3ccc(C(C)C)nc3NC)c(C)cc21. The van der Waals surface area contributed by atoms with Gasteiger partial charge in [0.05, 0.1) is 16.7 Å². The van der Waals surface area contributed by atoms with Gasteiger partial charge in [-0.15, -0.1) is 0 Å². The first kappa shape index (κ1) is 18.4. The number of fused-ring (bicyclic) bond motifs is 1. The third-order valence-electron chi connectivity index (χ3n) is 4.98. The largest absolute Gasteiger partial charge is 0.373 e. The number of nitrogens with zero attached hydrogens (tertiary/aromatic N) is 3. The molecule has 4 nitrogen and oxygen atoms in total. The van der Waals surface area contributed by atoms with Crippen molar-refractivity contribution in [3.05, 3.63) is 41.2 Å². The molecule has 26 heavy (non-hydrogen) atoms. The summed E-state index contributed by atoms with van der Waals surface area (Å²) in [5.74, 6) is 1.30. The van der Waals surface area contributed by atoms with Crippen LogP contribution in [0.25, 0.3) is 22.3 Å². The lowest BCUT2D eigenvalue weighted by molar-refractivity contribution is 0.649. The molecule has 3 rings (SSSR count). The van der Waals surface area contributed by atoms with E-state index in [-0.39, 0.29) is 0 Å². The zero-order chi connectivity index (χ0) is 18.8. The summed E-state index contributed by atoms with van der Waals surface area (Å²) in [4.78, 5) is 9.86. The summed E-state index contributed by atoms with van der Waals surface area (Å²) in [6, 6.07) is 6.54. The highest BCUT2D eigenvalue weighted by molar-refractivity contribution is 5.86. The number of aryl methyl sites for hydroxylation is 3. The van der Waals surface area contributed by atoms with Crippen LogP contribution in [-0.4, -0.2) is 21.6 Å². The van der Waals surface area contributed by atoms with E-state index in [1.54, 1.807) is 0 Å². The number of hydrogen-bond acceptors (Lipinski definition) is 3. The minimum absolute atomic E-state index is 0.405. The number of hydrogen-bond donors (Lipinski definition) is 1. The smallest absolute Gasteiger partial charge is 0.135 e. The number of anilines is 1. The van der Waals surface area contributed by atoms with Crippen LogP contribution < -0.4 is 5.32 Å². The molecule has 0 spiro atoms. The Kier molecular flexibility index (Phi) is 5.30. The Balaban J connectivity index is 2.14. The molecule has 0 bridgehead atoms. The quantitative estimate of drug-likeness (QED) is 0.622. The summed E-state index contributed by atoms with van der Waals surface area (Å²) < 4.78 is 2.34. The summed E-state index contributed by atoms with van der Waals surface area (Å²) >= 11 is 0. The van der Waals surface area contributed by atoms with Crippen LogP contribution in [0, 0.1) is 13.8 Å². The number of aromatic nitrogens is 3. The first-order chi connectivity index (χ1) is 12.5. The predicted molar refractivity (Wildman–Crippen MR) is 111 cm³/mol. The summed E-state index contributed by atoms with van der Waals surface area (Å²) in [7, 11) is 1.93. The Hall–Kier alpha value is -2.36. The molecule has 0 aromatic carbocycles. The number of pyridine rings is 2. The lowest BCUT2D eigenvalue weighted by Gasteiger charge is -2.14. The molecule has 0 atom stereocenters. The van der Waals surface area contributed by atoms with Gasteiger partial charge in [-0.05, 0) is 55.5 Å². The molecule has 0 saturated carbocycles. The molecule has 0 radical (unpaired) electrons. The Bertz CT molecular complexity index is 922. The van der Waals surface area contributed by atoms with Crippen LogP contribution in [-0.2, 0) is 6.54 Å². The zero-order valence-electron chi connectivity index (χ0n) is 16.8. The van der Waals surface area contributed by atoms with Crippen LogP contribution in [0.15, 0.2) is 24.4 Å². The van der Waals surface area contributed by atoms with E-state index in [1.165, 1.54) is 29.5 Å². The van der Waals surface area contributed by atoms with Crippen LogP contribution in [0.1, 0.15) is 56.4 Å². The van der Waals surface area contributed by atoms with Crippen LogP contribution in [0.4, 0.5) is 5.82 Å². The molecule has 138 valence electrons. The molecule has 3 aromatic heterocycles. The fourth-order valence-corrected chi connectivity index (χ4v) is 3.44. The second-order valence-electron chi connectivity index (χ2n) is 7.42. The van der Waals surface area contributed by atoms with Crippen molar-refractivity contribution in [1.29, 1.82) is 0 Å². The fraction of sp³-hybridized carbons (Fsp3) is 0.455. The van der Waals surface area contributed by atoms with E-state index in [9.17, 15) is 0 Å². The molecule has 4 heteroatoms. The average Bonchev–Trinajstić information content (AvgIpc) is 2.93. The Morgan fingerprint density at radius 1 is 1.12 bits per heavy atom. The van der Waals surface area contributed by atoms with E-state index in [0.717, 1.165) is 34.8 Å². The lowest BCUT2D eigenvalue weighted by Crippen LogP contribution is -2.03. The van der Waals surface area contributed by atoms with Crippen LogP contribution in [0.5, 0.6) is 0 Å². The normalized spacial score (nSPS) is 11.5. The molecule has 0 saturated heterocycles. The van der Waals surface area contributed by atoms with Crippen LogP contribution >= 0.6 is 0 Å². The van der Waals surface area contributed by atoms with Gasteiger partial charge in [-0.1, -0.05) is 27.2 Å². The predicted octanol–water partition coefficient (Wildman–Crippen LogP) is 5.68. The third-order valence-corrected chi connectivity index (χ3v) is 4.98. The van der Waals surface area contributed by atoms with Crippen molar-refractivity contribution in [3.63, 3.8) is 0 Å². The highest BCUT2D eigenvalue weighted by Crippen LogP contribution is 2.32. The second kappa shape index (κ2) is 7.48. The minimum Gasteiger partial charge on any atom is -0.373 e. The molecule has 0 unspecified atom stereocenters. The molecule has 3 heterocycles.